The number of nitrogens with zero attached hydrogens (tertiary/aromatic N) is 2. The molecule has 1 aromatic heterocycles. The van der Waals surface area contributed by atoms with E-state index in [4.69, 9.17) is 0 Å². The number of aromatic nitrogens is 1. The van der Waals surface area contributed by atoms with Crippen molar-refractivity contribution in [1.29, 1.82) is 0 Å². The fourth-order valence-corrected chi connectivity index (χ4v) is 2.45. The summed E-state index contributed by atoms with van der Waals surface area (Å²) in [5.41, 5.74) is 0.614. The topological polar surface area (TPSA) is 45.2 Å². The molecule has 5 heteroatoms. The highest BCUT2D eigenvalue weighted by molar-refractivity contribution is 9.10. The number of hydrogen-bond donors (Lipinski definition) is 1. The maximum Gasteiger partial charge on any atom is 0.252 e. The molecular weight excluding hydrogens is 294 g/mol. The molecule has 1 atom stereocenters. The predicted octanol–water partition coefficient (Wildman–Crippen LogP) is 1.92. The highest BCUT2D eigenvalue weighted by atomic mass is 79.9. The van der Waals surface area contributed by atoms with Gasteiger partial charge in [0.05, 0.1) is 5.56 Å². The molecule has 2 rings (SSSR count). The molecule has 0 aliphatic carbocycles. The second kappa shape index (κ2) is 6.29. The van der Waals surface area contributed by atoms with Gasteiger partial charge in [-0.25, -0.2) is 4.98 Å². The van der Waals surface area contributed by atoms with Crippen molar-refractivity contribution in [2.75, 3.05) is 26.2 Å². The Morgan fingerprint density at radius 1 is 1.61 bits per heavy atom. The van der Waals surface area contributed by atoms with Crippen LogP contribution in [-0.2, 0) is 0 Å². The number of halogens is 1. The van der Waals surface area contributed by atoms with Crippen LogP contribution in [0.15, 0.2) is 22.9 Å². The predicted molar refractivity (Wildman–Crippen MR) is 74.5 cm³/mol. The van der Waals surface area contributed by atoms with Crippen LogP contribution in [0.2, 0.25) is 0 Å². The maximum absolute atomic E-state index is 11.9. The van der Waals surface area contributed by atoms with Gasteiger partial charge in [-0.2, -0.15) is 0 Å². The molecule has 1 aliphatic rings. The van der Waals surface area contributed by atoms with E-state index < -0.39 is 0 Å². The van der Waals surface area contributed by atoms with E-state index in [1.807, 2.05) is 0 Å². The molecule has 1 aliphatic heterocycles. The van der Waals surface area contributed by atoms with E-state index in [1.54, 1.807) is 18.3 Å². The zero-order chi connectivity index (χ0) is 13.0. The van der Waals surface area contributed by atoms with Gasteiger partial charge in [-0.05, 0) is 53.5 Å². The van der Waals surface area contributed by atoms with E-state index in [-0.39, 0.29) is 5.91 Å². The number of likely N-dealkylation sites (tertiary alicyclic amines) is 1. The van der Waals surface area contributed by atoms with E-state index in [0.717, 1.165) is 30.8 Å². The van der Waals surface area contributed by atoms with Crippen LogP contribution in [0.25, 0.3) is 0 Å². The van der Waals surface area contributed by atoms with Crippen LogP contribution in [0, 0.1) is 5.92 Å². The first kappa shape index (κ1) is 13.5. The standard InChI is InChI=1S/C13H18BrN3O/c1-2-17-6-5-10(9-17)7-16-13(18)11-3-4-12(14)15-8-11/h3-4,8,10H,2,5-7,9H2,1H3,(H,16,18). The average Bonchev–Trinajstić information content (AvgIpc) is 2.85. The van der Waals surface area contributed by atoms with Gasteiger partial charge < -0.3 is 10.2 Å². The summed E-state index contributed by atoms with van der Waals surface area (Å²) in [7, 11) is 0. The highest BCUT2D eigenvalue weighted by Crippen LogP contribution is 2.14. The zero-order valence-corrected chi connectivity index (χ0v) is 12.1. The van der Waals surface area contributed by atoms with E-state index in [0.29, 0.717) is 11.5 Å². The van der Waals surface area contributed by atoms with Gasteiger partial charge in [-0.1, -0.05) is 6.92 Å². The zero-order valence-electron chi connectivity index (χ0n) is 10.5. The van der Waals surface area contributed by atoms with Gasteiger partial charge in [-0.15, -0.1) is 0 Å². The molecule has 0 spiro atoms. The Bertz CT molecular complexity index is 407. The van der Waals surface area contributed by atoms with E-state index in [1.165, 1.54) is 6.42 Å². The molecule has 1 saturated heterocycles. The maximum atomic E-state index is 11.9. The van der Waals surface area contributed by atoms with E-state index in [9.17, 15) is 4.79 Å². The normalized spacial score (nSPS) is 20.0. The van der Waals surface area contributed by atoms with Crippen molar-refractivity contribution in [1.82, 2.24) is 15.2 Å². The Morgan fingerprint density at radius 2 is 2.44 bits per heavy atom. The summed E-state index contributed by atoms with van der Waals surface area (Å²) < 4.78 is 0.744. The molecule has 1 unspecified atom stereocenters. The van der Waals surface area contributed by atoms with Crippen molar-refractivity contribution in [3.63, 3.8) is 0 Å². The van der Waals surface area contributed by atoms with Crippen LogP contribution in [0.4, 0.5) is 0 Å². The third kappa shape index (κ3) is 3.53. The SMILES string of the molecule is CCN1CCC(CNC(=O)c2ccc(Br)nc2)C1. The molecule has 4 nitrogen and oxygen atoms in total. The molecule has 1 aromatic rings. The van der Waals surface area contributed by atoms with Crippen LogP contribution >= 0.6 is 15.9 Å². The highest BCUT2D eigenvalue weighted by Gasteiger charge is 2.21. The monoisotopic (exact) mass is 311 g/mol. The molecule has 1 amide bonds. The van der Waals surface area contributed by atoms with Crippen molar-refractivity contribution >= 4 is 21.8 Å². The molecule has 1 fully saturated rings. The number of hydrogen-bond acceptors (Lipinski definition) is 3. The van der Waals surface area contributed by atoms with Gasteiger partial charge in [0.15, 0.2) is 0 Å². The molecule has 2 heterocycles. The third-order valence-corrected chi connectivity index (χ3v) is 3.83. The number of pyridine rings is 1. The van der Waals surface area contributed by atoms with Gasteiger partial charge in [0.25, 0.3) is 5.91 Å². The third-order valence-electron chi connectivity index (χ3n) is 3.36. The summed E-state index contributed by atoms with van der Waals surface area (Å²) in [5.74, 6) is 0.544. The van der Waals surface area contributed by atoms with Gasteiger partial charge in [0.2, 0.25) is 0 Å². The lowest BCUT2D eigenvalue weighted by molar-refractivity contribution is 0.0947. The second-order valence-electron chi connectivity index (χ2n) is 4.63. The minimum Gasteiger partial charge on any atom is -0.352 e. The second-order valence-corrected chi connectivity index (χ2v) is 5.44. The van der Waals surface area contributed by atoms with Crippen LogP contribution in [0.1, 0.15) is 23.7 Å². The van der Waals surface area contributed by atoms with Gasteiger partial charge in [0, 0.05) is 19.3 Å². The van der Waals surface area contributed by atoms with Crippen LogP contribution in [0.3, 0.4) is 0 Å². The number of carbonyl (C=O) groups excluding carboxylic acids is 1. The Kier molecular flexibility index (Phi) is 4.72. The molecule has 0 saturated carbocycles. The van der Waals surface area contributed by atoms with Gasteiger partial charge in [-0.3, -0.25) is 4.79 Å². The first-order valence-corrected chi connectivity index (χ1v) is 7.10. The summed E-state index contributed by atoms with van der Waals surface area (Å²) in [6.45, 7) is 6.27. The largest absolute Gasteiger partial charge is 0.352 e. The molecule has 1 N–H and O–H groups in total. The van der Waals surface area contributed by atoms with Crippen LogP contribution < -0.4 is 5.32 Å². The summed E-state index contributed by atoms with van der Waals surface area (Å²) in [4.78, 5) is 18.4. The van der Waals surface area contributed by atoms with Gasteiger partial charge >= 0.3 is 0 Å². The number of carbonyl (C=O) groups is 1. The molecule has 0 aromatic carbocycles. The van der Waals surface area contributed by atoms with Crippen molar-refractivity contribution < 1.29 is 4.79 Å². The van der Waals surface area contributed by atoms with Gasteiger partial charge in [0.1, 0.15) is 4.60 Å². The Morgan fingerprint density at radius 3 is 3.06 bits per heavy atom. The number of nitrogens with one attached hydrogen (secondary N) is 1. The summed E-state index contributed by atoms with van der Waals surface area (Å²) in [6.07, 6.45) is 2.76. The van der Waals surface area contributed by atoms with Crippen LogP contribution in [-0.4, -0.2) is 42.0 Å². The van der Waals surface area contributed by atoms with Crippen molar-refractivity contribution in [3.05, 3.63) is 28.5 Å². The number of amides is 1. The first-order chi connectivity index (χ1) is 8.69. The quantitative estimate of drug-likeness (QED) is 0.864. The van der Waals surface area contributed by atoms with Crippen molar-refractivity contribution in [3.8, 4) is 0 Å². The lowest BCUT2D eigenvalue weighted by Gasteiger charge is -2.13. The first-order valence-electron chi connectivity index (χ1n) is 6.31. The lowest BCUT2D eigenvalue weighted by Crippen LogP contribution is -2.31. The minimum absolute atomic E-state index is 0.0371. The Labute approximate surface area is 116 Å². The lowest BCUT2D eigenvalue weighted by atomic mass is 10.1. The Balaban J connectivity index is 1.80. The summed E-state index contributed by atoms with van der Waals surface area (Å²) in [5, 5.41) is 2.98. The smallest absolute Gasteiger partial charge is 0.252 e. The minimum atomic E-state index is -0.0371. The van der Waals surface area contributed by atoms with Crippen LogP contribution in [0.5, 0.6) is 0 Å². The summed E-state index contributed by atoms with van der Waals surface area (Å²) in [6, 6.07) is 3.56. The average molecular weight is 312 g/mol. The molecule has 18 heavy (non-hydrogen) atoms. The van der Waals surface area contributed by atoms with E-state index >= 15 is 0 Å². The van der Waals surface area contributed by atoms with E-state index in [2.05, 4.69) is 38.1 Å². The van der Waals surface area contributed by atoms with Crippen molar-refractivity contribution in [2.45, 2.75) is 13.3 Å². The molecule has 0 bridgehead atoms. The molecule has 98 valence electrons. The summed E-state index contributed by atoms with van der Waals surface area (Å²) >= 11 is 3.25. The fraction of sp³-hybridized carbons (Fsp3) is 0.538. The molecular formula is C13H18BrN3O. The molecule has 0 radical (unpaired) electrons. The Hall–Kier alpha value is -0.940. The fourth-order valence-electron chi connectivity index (χ4n) is 2.22. The van der Waals surface area contributed by atoms with Crippen molar-refractivity contribution in [2.24, 2.45) is 5.92 Å². The number of rotatable bonds is 4.